The number of amides is 6. The van der Waals surface area contributed by atoms with Gasteiger partial charge in [-0.05, 0) is 192 Å². The molecule has 28 heteroatoms. The number of hydroxylamine groups is 3. The molecule has 0 saturated carbocycles. The summed E-state index contributed by atoms with van der Waals surface area (Å²) in [6.07, 6.45) is 7.31. The fourth-order valence-corrected chi connectivity index (χ4v) is 10.2. The maximum Gasteiger partial charge on any atom is 0.407 e. The van der Waals surface area contributed by atoms with Crippen molar-refractivity contribution in [2.45, 2.75) is 116 Å². The molecule has 0 fully saturated rings. The van der Waals surface area contributed by atoms with Crippen LogP contribution in [0, 0.1) is 60.3 Å². The summed E-state index contributed by atoms with van der Waals surface area (Å²) in [7, 11) is 2.65. The summed E-state index contributed by atoms with van der Waals surface area (Å²) in [5.41, 5.74) is 12.8. The van der Waals surface area contributed by atoms with Crippen molar-refractivity contribution in [2.24, 2.45) is 0 Å². The van der Waals surface area contributed by atoms with Crippen molar-refractivity contribution in [2.75, 3.05) is 20.8 Å². The number of aliphatic hydroxyl groups excluding tert-OH is 1. The first-order valence-electron chi connectivity index (χ1n) is 31.6. The molecule has 27 nitrogen and oxygen atoms in total. The minimum absolute atomic E-state index is 0.0570. The van der Waals surface area contributed by atoms with E-state index in [1.54, 1.807) is 74.5 Å². The third kappa shape index (κ3) is 28.2. The highest BCUT2D eigenvalue weighted by molar-refractivity contribution is 14.1. The van der Waals surface area contributed by atoms with E-state index >= 15 is 0 Å². The minimum Gasteiger partial charge on any atom is -0.478 e. The number of nitro benzene ring substituents is 2. The SMILES string of the molecule is C#Cc1ccc(C(=O)N[C@H](C(=O)NOC)[C@@H](C)OC(C)(C)C)cc1.C#Cc1ccc(C(=O)O)cc1.CONC(=O)[C@H](NC(=O)OCC1c2ccccc2-c2ccccc21)C(C)OC(C)(C)C.C[C@@H](O)[C@H](NC(=O)c1ccc(C#Cc2cccc([N+](=O)[O-])c2)cc1)C(=O)NO.O=[N+]([O-])c1cccc(I)c1. The maximum atomic E-state index is 12.6. The summed E-state index contributed by atoms with van der Waals surface area (Å²) < 4.78 is 18.1. The zero-order valence-electron chi connectivity index (χ0n) is 58.7. The van der Waals surface area contributed by atoms with Crippen molar-refractivity contribution in [1.82, 2.24) is 32.4 Å². The molecule has 1 aliphatic carbocycles. The number of nitrogens with zero attached hydrogens (tertiary/aromatic N) is 2. The highest BCUT2D eigenvalue weighted by Gasteiger charge is 2.35. The van der Waals surface area contributed by atoms with Crippen LogP contribution in [-0.4, -0.2) is 135 Å². The van der Waals surface area contributed by atoms with Crippen molar-refractivity contribution in [3.05, 3.63) is 244 Å². The van der Waals surface area contributed by atoms with Crippen molar-refractivity contribution < 1.29 is 82.7 Å². The van der Waals surface area contributed by atoms with E-state index in [2.05, 4.69) is 79.7 Å². The van der Waals surface area contributed by atoms with E-state index < -0.39 is 99.1 Å². The molecule has 0 bridgehead atoms. The lowest BCUT2D eigenvalue weighted by Gasteiger charge is -2.30. The number of carbonyl (C=O) groups excluding carboxylic acids is 6. The predicted octanol–water partition coefficient (Wildman–Crippen LogP) is 9.97. The van der Waals surface area contributed by atoms with Crippen molar-refractivity contribution in [1.29, 1.82) is 0 Å². The molecule has 0 spiro atoms. The number of benzene rings is 7. The van der Waals surface area contributed by atoms with Crippen molar-refractivity contribution in [3.63, 3.8) is 0 Å². The Morgan fingerprint density at radius 2 is 0.942 bits per heavy atom. The van der Waals surface area contributed by atoms with Crippen LogP contribution in [0.15, 0.2) is 170 Å². The van der Waals surface area contributed by atoms with Crippen LogP contribution >= 0.6 is 22.6 Å². The fourth-order valence-electron chi connectivity index (χ4n) is 9.63. The number of ether oxygens (including phenoxy) is 3. The Bertz CT molecular complexity index is 4220. The number of rotatable bonds is 20. The number of carboxylic acid groups (broad SMARTS) is 1. The number of carbonyl (C=O) groups is 7. The molecule has 0 aliphatic heterocycles. The Balaban J connectivity index is 0.000000291. The smallest absolute Gasteiger partial charge is 0.407 e. The summed E-state index contributed by atoms with van der Waals surface area (Å²) in [4.78, 5) is 113. The largest absolute Gasteiger partial charge is 0.478 e. The summed E-state index contributed by atoms with van der Waals surface area (Å²) in [5.74, 6) is 6.54. The predicted molar refractivity (Wildman–Crippen MR) is 394 cm³/mol. The zero-order chi connectivity index (χ0) is 77.4. The second-order valence-electron chi connectivity index (χ2n) is 24.4. The average Bonchev–Trinajstić information content (AvgIpc) is 1.62. The first-order chi connectivity index (χ1) is 49.1. The van der Waals surface area contributed by atoms with E-state index in [1.165, 1.54) is 81.2 Å². The second-order valence-corrected chi connectivity index (χ2v) is 25.6. The first-order valence-corrected chi connectivity index (χ1v) is 32.7. The van der Waals surface area contributed by atoms with Gasteiger partial charge in [-0.3, -0.25) is 59.1 Å². The van der Waals surface area contributed by atoms with Gasteiger partial charge >= 0.3 is 12.1 Å². The quantitative estimate of drug-likeness (QED) is 0.0113. The molecule has 7 aromatic carbocycles. The number of carboxylic acids is 1. The van der Waals surface area contributed by atoms with Gasteiger partial charge in [-0.15, -0.1) is 12.8 Å². The highest BCUT2D eigenvalue weighted by atomic mass is 127. The minimum atomic E-state index is -1.31. The van der Waals surface area contributed by atoms with Gasteiger partial charge in [-0.1, -0.05) is 84.3 Å². The van der Waals surface area contributed by atoms with Gasteiger partial charge < -0.3 is 40.4 Å². The summed E-state index contributed by atoms with van der Waals surface area (Å²) in [6, 6.07) is 44.2. The van der Waals surface area contributed by atoms with Crippen LogP contribution in [0.3, 0.4) is 0 Å². The third-order valence-corrected chi connectivity index (χ3v) is 14.9. The van der Waals surface area contributed by atoms with E-state index in [1.807, 2.05) is 94.5 Å². The summed E-state index contributed by atoms with van der Waals surface area (Å²) in [5, 5.41) is 55.2. The van der Waals surface area contributed by atoms with Gasteiger partial charge in [0.15, 0.2) is 0 Å². The van der Waals surface area contributed by atoms with Crippen LogP contribution in [-0.2, 0) is 38.3 Å². The summed E-state index contributed by atoms with van der Waals surface area (Å²) >= 11 is 2.03. The molecule has 6 amide bonds. The van der Waals surface area contributed by atoms with E-state index in [0.717, 1.165) is 25.8 Å². The number of non-ortho nitro benzene ring substituents is 2. The topological polar surface area (TPSA) is 385 Å². The van der Waals surface area contributed by atoms with Gasteiger partial charge in [-0.2, -0.15) is 0 Å². The Hall–Kier alpha value is -11.4. The lowest BCUT2D eigenvalue weighted by Crippen LogP contribution is -2.54. The van der Waals surface area contributed by atoms with Gasteiger partial charge in [0.2, 0.25) is 0 Å². The first kappa shape index (κ1) is 85.0. The van der Waals surface area contributed by atoms with Gasteiger partial charge in [0.1, 0.15) is 24.7 Å². The van der Waals surface area contributed by atoms with Gasteiger partial charge in [0, 0.05) is 67.1 Å². The third-order valence-electron chi connectivity index (χ3n) is 14.2. The molecule has 0 heterocycles. The van der Waals surface area contributed by atoms with Crippen LogP contribution in [0.5, 0.6) is 0 Å². The van der Waals surface area contributed by atoms with Crippen LogP contribution in [0.4, 0.5) is 16.2 Å². The van der Waals surface area contributed by atoms with Gasteiger partial charge in [0.25, 0.3) is 40.9 Å². The normalized spacial score (nSPS) is 12.6. The summed E-state index contributed by atoms with van der Waals surface area (Å²) in [6.45, 7) is 16.1. The standard InChI is InChI=1S/C24H30N2O5.C19H17N3O6.C18H24N2O4.C9H6O2.C6H4INO2/c1-15(31-24(2,3)4)21(22(27)26-29-5)25-23(28)30-14-20-18-12-8-6-10-16(18)17-11-7-9-13-19(17)20;1-12(23)17(19(25)21-26)20-18(24)15-9-7-13(8-10-15)5-6-14-3-2-4-16(11-14)22(27)28;1-7-13-8-10-14(11-9-13)16(21)19-15(17(22)20-23-6)12(2)24-18(3,4)5;1-2-7-3-5-8(6-4-7)9(10)11;7-5-2-1-3-6(4-5)8(9)10/h6-13,15,20-21H,14H2,1-5H3,(H,25,28)(H,26,27);2-4,7-12,17,23,26H,1H3,(H,20,24)(H,21,25);1,8-12,15H,2-6H3,(H,19,21)(H,20,22);1,3-6H,(H,10,11);1-4H/t15?,21-;12-,17+;12-,15+;;/m111../s1. The van der Waals surface area contributed by atoms with Crippen molar-refractivity contribution in [3.8, 4) is 47.7 Å². The monoisotopic (exact) mass is 1540 g/mol. The second kappa shape index (κ2) is 41.5. The van der Waals surface area contributed by atoms with Crippen LogP contribution in [0.1, 0.15) is 133 Å². The number of alkyl carbamates (subject to hydrolysis) is 1. The van der Waals surface area contributed by atoms with Gasteiger partial charge in [-0.25, -0.2) is 26.0 Å². The molecule has 6 atom stereocenters. The molecule has 0 saturated heterocycles. The molecular weight excluding hydrogens is 1460 g/mol. The number of hydrogen-bond donors (Lipinski definition) is 9. The number of nitrogens with one attached hydrogen (secondary N) is 6. The van der Waals surface area contributed by atoms with Crippen LogP contribution < -0.4 is 32.4 Å². The lowest BCUT2D eigenvalue weighted by molar-refractivity contribution is -0.385. The molecule has 0 aromatic heterocycles. The maximum absolute atomic E-state index is 12.6. The number of halogens is 1. The Morgan fingerprint density at radius 3 is 1.34 bits per heavy atom. The Kier molecular flexibility index (Phi) is 33.9. The van der Waals surface area contributed by atoms with E-state index in [4.69, 9.17) is 42.2 Å². The molecule has 8 rings (SSSR count). The molecule has 104 heavy (non-hydrogen) atoms. The highest BCUT2D eigenvalue weighted by Crippen LogP contribution is 2.44. The van der Waals surface area contributed by atoms with Crippen molar-refractivity contribution >= 4 is 75.6 Å². The van der Waals surface area contributed by atoms with Crippen LogP contribution in [0.25, 0.3) is 11.1 Å². The average molecular weight is 1540 g/mol. The van der Waals surface area contributed by atoms with E-state index in [0.29, 0.717) is 27.8 Å². The number of hydrogen-bond acceptors (Lipinski definition) is 18. The molecule has 1 aliphatic rings. The Morgan fingerprint density at radius 1 is 0.538 bits per heavy atom. The Labute approximate surface area is 615 Å². The van der Waals surface area contributed by atoms with E-state index in [-0.39, 0.29) is 35.0 Å². The van der Waals surface area contributed by atoms with Crippen LogP contribution in [0.2, 0.25) is 0 Å². The fraction of sp³-hybridized carbons (Fsp3) is 0.276. The molecule has 9 N–H and O–H groups in total. The zero-order valence-corrected chi connectivity index (χ0v) is 60.9. The molecule has 7 aromatic rings. The molecule has 1 unspecified atom stereocenters. The number of nitro groups is 2. The number of fused-ring (bicyclic) bond motifs is 3. The molecule has 0 radical (unpaired) electrons. The number of aromatic carboxylic acids is 1. The van der Waals surface area contributed by atoms with E-state index in [9.17, 15) is 58.9 Å². The number of terminal acetylenes is 2. The number of aliphatic hydroxyl groups is 1. The van der Waals surface area contributed by atoms with Gasteiger partial charge in [0.05, 0.1) is 59.1 Å². The molecular formula is C76H81IN8O19. The lowest BCUT2D eigenvalue weighted by atomic mass is 9.98. The molecule has 546 valence electrons.